The third kappa shape index (κ3) is 2.13. The number of hydrogen-bond acceptors (Lipinski definition) is 2. The fraction of sp³-hybridized carbons (Fsp3) is 0.588. The van der Waals surface area contributed by atoms with E-state index < -0.39 is 40.2 Å². The van der Waals surface area contributed by atoms with E-state index in [1.807, 2.05) is 0 Å². The zero-order valence-electron chi connectivity index (χ0n) is 12.3. The summed E-state index contributed by atoms with van der Waals surface area (Å²) in [5.41, 5.74) is -1.57. The Kier molecular flexibility index (Phi) is 3.13. The second kappa shape index (κ2) is 4.86. The van der Waals surface area contributed by atoms with Crippen molar-refractivity contribution in [1.29, 1.82) is 5.26 Å². The highest BCUT2D eigenvalue weighted by molar-refractivity contribution is 5.46. The molecular weight excluding hydrogens is 310 g/mol. The van der Waals surface area contributed by atoms with Gasteiger partial charge in [0.05, 0.1) is 0 Å². The first kappa shape index (κ1) is 14.8. The van der Waals surface area contributed by atoms with Crippen LogP contribution in [0.3, 0.4) is 0 Å². The van der Waals surface area contributed by atoms with E-state index in [2.05, 4.69) is 0 Å². The van der Waals surface area contributed by atoms with Crippen LogP contribution in [-0.2, 0) is 0 Å². The van der Waals surface area contributed by atoms with Crippen molar-refractivity contribution in [3.05, 3.63) is 28.8 Å². The highest BCUT2D eigenvalue weighted by atomic mass is 19.2. The summed E-state index contributed by atoms with van der Waals surface area (Å²) in [6.45, 7) is 0. The van der Waals surface area contributed by atoms with Gasteiger partial charge < -0.3 is 4.74 Å². The van der Waals surface area contributed by atoms with Gasteiger partial charge in [0.15, 0.2) is 17.4 Å². The monoisotopic (exact) mass is 325 g/mol. The first-order chi connectivity index (χ1) is 10.9. The number of halogens is 4. The molecule has 0 heterocycles. The van der Waals surface area contributed by atoms with Crippen LogP contribution in [0.1, 0.15) is 44.1 Å². The second-order valence-electron chi connectivity index (χ2n) is 7.27. The SMILES string of the molecule is N#Cc1c(F)c(F)c(F)c(F)c1OC12CC3CC(CC(C3)C1)C2. The number of nitriles is 1. The molecule has 0 saturated heterocycles. The molecule has 4 bridgehead atoms. The molecule has 23 heavy (non-hydrogen) atoms. The van der Waals surface area contributed by atoms with Gasteiger partial charge in [-0.05, 0) is 56.3 Å². The molecule has 0 amide bonds. The van der Waals surface area contributed by atoms with Crippen LogP contribution < -0.4 is 4.74 Å². The molecule has 6 heteroatoms. The van der Waals surface area contributed by atoms with E-state index >= 15 is 0 Å². The minimum Gasteiger partial charge on any atom is -0.483 e. The Morgan fingerprint density at radius 1 is 0.826 bits per heavy atom. The number of nitrogens with zero attached hydrogens (tertiary/aromatic N) is 1. The Hall–Kier alpha value is -1.77. The molecule has 0 radical (unpaired) electrons. The Balaban J connectivity index is 1.76. The Bertz CT molecular complexity index is 689. The maximum Gasteiger partial charge on any atom is 0.205 e. The van der Waals surface area contributed by atoms with Crippen LogP contribution in [0, 0.1) is 52.4 Å². The normalized spacial score (nSPS) is 34.5. The first-order valence-corrected chi connectivity index (χ1v) is 7.87. The highest BCUT2D eigenvalue weighted by Gasteiger charge is 2.53. The lowest BCUT2D eigenvalue weighted by atomic mass is 9.54. The molecule has 0 aliphatic heterocycles. The third-order valence-corrected chi connectivity index (χ3v) is 5.64. The predicted molar refractivity (Wildman–Crippen MR) is 72.5 cm³/mol. The number of benzene rings is 1. The van der Waals surface area contributed by atoms with Crippen LogP contribution >= 0.6 is 0 Å². The van der Waals surface area contributed by atoms with Crippen LogP contribution in [0.15, 0.2) is 0 Å². The Labute approximate surface area is 131 Å². The topological polar surface area (TPSA) is 33.0 Å². The molecule has 0 aromatic heterocycles. The quantitative estimate of drug-likeness (QED) is 0.457. The summed E-state index contributed by atoms with van der Waals surface area (Å²) in [6.07, 6.45) is 5.44. The molecule has 0 unspecified atom stereocenters. The molecule has 1 aromatic rings. The lowest BCUT2D eigenvalue weighted by Gasteiger charge is -2.56. The zero-order chi connectivity index (χ0) is 16.4. The van der Waals surface area contributed by atoms with Crippen molar-refractivity contribution in [2.75, 3.05) is 0 Å². The summed E-state index contributed by atoms with van der Waals surface area (Å²) in [6, 6.07) is 1.41. The van der Waals surface area contributed by atoms with Crippen LogP contribution in [0.25, 0.3) is 0 Å². The van der Waals surface area contributed by atoms with Gasteiger partial charge in [-0.2, -0.15) is 9.65 Å². The average Bonchev–Trinajstić information content (AvgIpc) is 2.49. The molecule has 122 valence electrons. The lowest BCUT2D eigenvalue weighted by molar-refractivity contribution is -0.109. The van der Waals surface area contributed by atoms with Gasteiger partial charge in [0.25, 0.3) is 0 Å². The van der Waals surface area contributed by atoms with Gasteiger partial charge in [0, 0.05) is 0 Å². The summed E-state index contributed by atoms with van der Waals surface area (Å²) < 4.78 is 60.5. The van der Waals surface area contributed by atoms with Crippen molar-refractivity contribution in [2.24, 2.45) is 17.8 Å². The largest absolute Gasteiger partial charge is 0.483 e. The lowest BCUT2D eigenvalue weighted by Crippen LogP contribution is -2.54. The predicted octanol–water partition coefficient (Wildman–Crippen LogP) is 4.46. The van der Waals surface area contributed by atoms with Gasteiger partial charge in [-0.15, -0.1) is 0 Å². The molecule has 1 aromatic carbocycles. The third-order valence-electron chi connectivity index (χ3n) is 5.64. The van der Waals surface area contributed by atoms with Crippen molar-refractivity contribution in [3.8, 4) is 11.8 Å². The summed E-state index contributed by atoms with van der Waals surface area (Å²) in [5, 5.41) is 9.03. The fourth-order valence-corrected chi connectivity index (χ4v) is 5.18. The highest BCUT2D eigenvalue weighted by Crippen LogP contribution is 2.57. The van der Waals surface area contributed by atoms with Crippen molar-refractivity contribution >= 4 is 0 Å². The molecule has 4 saturated carbocycles. The number of rotatable bonds is 2. The maximum absolute atomic E-state index is 14.1. The van der Waals surface area contributed by atoms with Gasteiger partial charge in [-0.25, -0.2) is 13.2 Å². The van der Waals surface area contributed by atoms with Gasteiger partial charge in [-0.3, -0.25) is 0 Å². The molecule has 5 rings (SSSR count). The van der Waals surface area contributed by atoms with Crippen LogP contribution in [-0.4, -0.2) is 5.60 Å². The summed E-state index contributed by atoms with van der Waals surface area (Å²) in [7, 11) is 0. The van der Waals surface area contributed by atoms with Gasteiger partial charge in [0.2, 0.25) is 11.6 Å². The minimum absolute atomic E-state index is 0.477. The minimum atomic E-state index is -1.98. The summed E-state index contributed by atoms with van der Waals surface area (Å²) in [5.74, 6) is -6.55. The Morgan fingerprint density at radius 2 is 1.30 bits per heavy atom. The second-order valence-corrected chi connectivity index (χ2v) is 7.27. The van der Waals surface area contributed by atoms with E-state index in [-0.39, 0.29) is 0 Å². The molecule has 0 N–H and O–H groups in total. The van der Waals surface area contributed by atoms with Crippen LogP contribution in [0.4, 0.5) is 17.6 Å². The van der Waals surface area contributed by atoms with Gasteiger partial charge >= 0.3 is 0 Å². The summed E-state index contributed by atoms with van der Waals surface area (Å²) in [4.78, 5) is 0. The van der Waals surface area contributed by atoms with Crippen molar-refractivity contribution < 1.29 is 22.3 Å². The van der Waals surface area contributed by atoms with Crippen molar-refractivity contribution in [2.45, 2.75) is 44.1 Å². The molecule has 4 aliphatic rings. The van der Waals surface area contributed by atoms with E-state index in [0.717, 1.165) is 19.3 Å². The zero-order valence-corrected chi connectivity index (χ0v) is 12.3. The average molecular weight is 325 g/mol. The van der Waals surface area contributed by atoms with Gasteiger partial charge in [0.1, 0.15) is 17.2 Å². The molecule has 4 fully saturated rings. The van der Waals surface area contributed by atoms with E-state index in [9.17, 15) is 17.6 Å². The molecule has 2 nitrogen and oxygen atoms in total. The molecule has 0 atom stereocenters. The summed E-state index contributed by atoms with van der Waals surface area (Å²) >= 11 is 0. The van der Waals surface area contributed by atoms with Gasteiger partial charge in [-0.1, -0.05) is 0 Å². The van der Waals surface area contributed by atoms with E-state index in [0.29, 0.717) is 37.0 Å². The standard InChI is InChI=1S/C17H15F4NO/c18-12-11(7-22)16(15(21)14(20)13(12)19)23-17-4-8-1-9(5-17)3-10(2-8)6-17/h8-10H,1-6H2. The number of ether oxygens (including phenoxy) is 1. The van der Waals surface area contributed by atoms with Crippen LogP contribution in [0.5, 0.6) is 5.75 Å². The number of hydrogen-bond donors (Lipinski definition) is 0. The van der Waals surface area contributed by atoms with E-state index in [1.165, 1.54) is 6.07 Å². The molecule has 4 aliphatic carbocycles. The Morgan fingerprint density at radius 3 is 1.78 bits per heavy atom. The molecular formula is C17H15F4NO. The smallest absolute Gasteiger partial charge is 0.205 e. The first-order valence-electron chi connectivity index (χ1n) is 7.87. The fourth-order valence-electron chi connectivity index (χ4n) is 5.18. The maximum atomic E-state index is 14.1. The van der Waals surface area contributed by atoms with Crippen molar-refractivity contribution in [3.63, 3.8) is 0 Å². The van der Waals surface area contributed by atoms with Crippen molar-refractivity contribution in [1.82, 2.24) is 0 Å². The van der Waals surface area contributed by atoms with E-state index in [4.69, 9.17) is 10.00 Å². The van der Waals surface area contributed by atoms with Crippen LogP contribution in [0.2, 0.25) is 0 Å². The molecule has 0 spiro atoms. The van der Waals surface area contributed by atoms with E-state index in [1.54, 1.807) is 0 Å².